The highest BCUT2D eigenvalue weighted by Crippen LogP contribution is 2.23. The van der Waals surface area contributed by atoms with Gasteiger partial charge in [-0.05, 0) is 85.8 Å². The number of amides is 1. The maximum Gasteiger partial charge on any atom is 0.339 e. The van der Waals surface area contributed by atoms with Crippen molar-refractivity contribution in [3.05, 3.63) is 95.3 Å². The minimum Gasteiger partial charge on any atom is -0.379 e. The van der Waals surface area contributed by atoms with E-state index in [2.05, 4.69) is 6.92 Å². The molecule has 0 N–H and O–H groups in total. The molecule has 5 nitrogen and oxygen atoms in total. The van der Waals surface area contributed by atoms with Crippen molar-refractivity contribution >= 4 is 16.0 Å². The van der Waals surface area contributed by atoms with E-state index in [1.54, 1.807) is 17.0 Å². The number of hydrogen-bond acceptors (Lipinski definition) is 4. The van der Waals surface area contributed by atoms with Crippen LogP contribution < -0.4 is 4.18 Å². The molecule has 0 aliphatic carbocycles. The molecular weight excluding hydrogens is 477 g/mol. The average molecular weight is 512 g/mol. The number of nitrogens with zero attached hydrogens (tertiary/aromatic N) is 1. The molecule has 1 unspecified atom stereocenters. The second-order valence-corrected chi connectivity index (χ2v) is 10.5. The third-order valence-corrected chi connectivity index (χ3v) is 7.47. The Morgan fingerprint density at radius 2 is 1.64 bits per heavy atom. The van der Waals surface area contributed by atoms with E-state index in [1.165, 1.54) is 24.5 Å². The summed E-state index contributed by atoms with van der Waals surface area (Å²) in [4.78, 5) is 15.1. The number of benzene rings is 3. The summed E-state index contributed by atoms with van der Waals surface area (Å²) >= 11 is 0. The molecule has 0 bridgehead atoms. The standard InChI is InChI=1S/C29H34FNO4S/c1-4-6-7-9-23-12-14-25(15-13-23)29(32)31(22(3)5-2)21-24-10-8-11-27(20-24)35-36(33,34)28-18-16-26(30)17-19-28/h8,10-20,22H,4-7,9,21H2,1-3H3. The first-order valence-electron chi connectivity index (χ1n) is 12.4. The minimum atomic E-state index is -4.12. The van der Waals surface area contributed by atoms with Gasteiger partial charge >= 0.3 is 10.1 Å². The monoisotopic (exact) mass is 511 g/mol. The first-order valence-corrected chi connectivity index (χ1v) is 13.8. The molecule has 0 aromatic heterocycles. The van der Waals surface area contributed by atoms with E-state index in [0.717, 1.165) is 49.1 Å². The Balaban J connectivity index is 1.76. The lowest BCUT2D eigenvalue weighted by molar-refractivity contribution is 0.0671. The molecule has 0 fully saturated rings. The smallest absolute Gasteiger partial charge is 0.339 e. The van der Waals surface area contributed by atoms with Crippen LogP contribution in [0.2, 0.25) is 0 Å². The summed E-state index contributed by atoms with van der Waals surface area (Å²) in [7, 11) is -4.12. The largest absolute Gasteiger partial charge is 0.379 e. The summed E-state index contributed by atoms with van der Waals surface area (Å²) in [5.74, 6) is -0.476. The maximum atomic E-state index is 13.4. The highest BCUT2D eigenvalue weighted by Gasteiger charge is 2.22. The second kappa shape index (κ2) is 12.7. The minimum absolute atomic E-state index is 0.0192. The Bertz CT molecular complexity index is 1240. The van der Waals surface area contributed by atoms with E-state index in [4.69, 9.17) is 4.18 Å². The molecule has 0 saturated carbocycles. The zero-order valence-electron chi connectivity index (χ0n) is 21.1. The summed E-state index contributed by atoms with van der Waals surface area (Å²) in [5.41, 5.74) is 2.59. The van der Waals surface area contributed by atoms with Crippen molar-refractivity contribution in [2.75, 3.05) is 0 Å². The lowest BCUT2D eigenvalue weighted by Crippen LogP contribution is -2.37. The van der Waals surface area contributed by atoms with E-state index in [0.29, 0.717) is 12.1 Å². The number of carbonyl (C=O) groups excluding carboxylic acids is 1. The third-order valence-electron chi connectivity index (χ3n) is 6.21. The number of aryl methyl sites for hydroxylation is 1. The van der Waals surface area contributed by atoms with E-state index in [-0.39, 0.29) is 22.6 Å². The number of rotatable bonds is 12. The first-order chi connectivity index (χ1) is 17.2. The fourth-order valence-electron chi connectivity index (χ4n) is 3.88. The van der Waals surface area contributed by atoms with E-state index < -0.39 is 15.9 Å². The SMILES string of the molecule is CCCCCc1ccc(C(=O)N(Cc2cccc(OS(=O)(=O)c3ccc(F)cc3)c2)C(C)CC)cc1. The Hall–Kier alpha value is -3.19. The molecule has 1 amide bonds. The molecule has 7 heteroatoms. The average Bonchev–Trinajstić information content (AvgIpc) is 2.87. The van der Waals surface area contributed by atoms with Gasteiger partial charge in [0, 0.05) is 18.2 Å². The first kappa shape index (κ1) is 27.4. The van der Waals surface area contributed by atoms with Crippen LogP contribution in [0.25, 0.3) is 0 Å². The van der Waals surface area contributed by atoms with Gasteiger partial charge in [0.1, 0.15) is 16.5 Å². The highest BCUT2D eigenvalue weighted by molar-refractivity contribution is 7.87. The molecule has 0 spiro atoms. The predicted octanol–water partition coefficient (Wildman–Crippen LogP) is 6.77. The molecule has 0 aliphatic heterocycles. The summed E-state index contributed by atoms with van der Waals surface area (Å²) < 4.78 is 43.6. The fraction of sp³-hybridized carbons (Fsp3) is 0.345. The highest BCUT2D eigenvalue weighted by atomic mass is 32.2. The quantitative estimate of drug-likeness (QED) is 0.199. The van der Waals surface area contributed by atoms with Crippen LogP contribution in [-0.2, 0) is 23.1 Å². The van der Waals surface area contributed by atoms with E-state index in [9.17, 15) is 17.6 Å². The van der Waals surface area contributed by atoms with Crippen molar-refractivity contribution in [2.45, 2.75) is 70.4 Å². The van der Waals surface area contributed by atoms with Crippen molar-refractivity contribution in [3.8, 4) is 5.75 Å². The third kappa shape index (κ3) is 7.40. The van der Waals surface area contributed by atoms with Gasteiger partial charge in [0.25, 0.3) is 5.91 Å². The molecule has 3 rings (SSSR count). The van der Waals surface area contributed by atoms with Crippen LogP contribution >= 0.6 is 0 Å². The molecule has 0 aliphatic rings. The van der Waals surface area contributed by atoms with Gasteiger partial charge in [-0.3, -0.25) is 4.79 Å². The molecule has 0 saturated heterocycles. The van der Waals surface area contributed by atoms with E-state index >= 15 is 0 Å². The number of unbranched alkanes of at least 4 members (excludes halogenated alkanes) is 2. The van der Waals surface area contributed by atoms with Crippen LogP contribution in [-0.4, -0.2) is 25.3 Å². The van der Waals surface area contributed by atoms with Crippen molar-refractivity contribution in [1.82, 2.24) is 4.90 Å². The van der Waals surface area contributed by atoms with Gasteiger partial charge in [0.15, 0.2) is 0 Å². The Morgan fingerprint density at radius 1 is 0.944 bits per heavy atom. The lowest BCUT2D eigenvalue weighted by atomic mass is 10.0. The molecule has 3 aromatic rings. The summed E-state index contributed by atoms with van der Waals surface area (Å²) in [6, 6.07) is 18.9. The topological polar surface area (TPSA) is 63.7 Å². The van der Waals surface area contributed by atoms with Gasteiger partial charge in [-0.25, -0.2) is 4.39 Å². The van der Waals surface area contributed by atoms with Crippen molar-refractivity contribution < 1.29 is 21.8 Å². The summed E-state index contributed by atoms with van der Waals surface area (Å²) in [5, 5.41) is 0. The zero-order valence-corrected chi connectivity index (χ0v) is 21.9. The molecule has 0 heterocycles. The van der Waals surface area contributed by atoms with Crippen molar-refractivity contribution in [2.24, 2.45) is 0 Å². The Morgan fingerprint density at radius 3 is 2.28 bits per heavy atom. The van der Waals surface area contributed by atoms with Crippen LogP contribution in [0.5, 0.6) is 5.75 Å². The Labute approximate surface area is 214 Å². The molecule has 3 aromatic carbocycles. The Kier molecular flexibility index (Phi) is 9.65. The lowest BCUT2D eigenvalue weighted by Gasteiger charge is -2.29. The zero-order chi connectivity index (χ0) is 26.1. The van der Waals surface area contributed by atoms with E-state index in [1.807, 2.05) is 44.2 Å². The molecule has 0 radical (unpaired) electrons. The van der Waals surface area contributed by atoms with Gasteiger partial charge in [0.2, 0.25) is 0 Å². The van der Waals surface area contributed by atoms with Gasteiger partial charge in [-0.1, -0.05) is 51.0 Å². The normalized spacial score (nSPS) is 12.2. The van der Waals surface area contributed by atoms with Gasteiger partial charge in [0.05, 0.1) is 0 Å². The molecular formula is C29H34FNO4S. The van der Waals surface area contributed by atoms with Crippen LogP contribution in [0.4, 0.5) is 4.39 Å². The van der Waals surface area contributed by atoms with Crippen LogP contribution in [0.15, 0.2) is 77.7 Å². The van der Waals surface area contributed by atoms with Crippen molar-refractivity contribution in [3.63, 3.8) is 0 Å². The molecule has 36 heavy (non-hydrogen) atoms. The number of halogens is 1. The number of hydrogen-bond donors (Lipinski definition) is 0. The predicted molar refractivity (Wildman–Crippen MR) is 140 cm³/mol. The molecule has 1 atom stereocenters. The van der Waals surface area contributed by atoms with Gasteiger partial charge < -0.3 is 9.08 Å². The van der Waals surface area contributed by atoms with Gasteiger partial charge in [-0.15, -0.1) is 0 Å². The van der Waals surface area contributed by atoms with Crippen LogP contribution in [0.3, 0.4) is 0 Å². The van der Waals surface area contributed by atoms with Gasteiger partial charge in [-0.2, -0.15) is 8.42 Å². The summed E-state index contributed by atoms with van der Waals surface area (Å²) in [6.45, 7) is 6.50. The molecule has 192 valence electrons. The number of carbonyl (C=O) groups is 1. The van der Waals surface area contributed by atoms with Crippen LogP contribution in [0, 0.1) is 5.82 Å². The fourth-order valence-corrected chi connectivity index (χ4v) is 4.80. The van der Waals surface area contributed by atoms with Crippen molar-refractivity contribution in [1.29, 1.82) is 0 Å². The van der Waals surface area contributed by atoms with Crippen LogP contribution in [0.1, 0.15) is 67.9 Å². The summed E-state index contributed by atoms with van der Waals surface area (Å²) in [6.07, 6.45) is 5.28. The second-order valence-electron chi connectivity index (χ2n) is 8.98. The maximum absolute atomic E-state index is 13.4.